The molecule has 9 heteroatoms. The van der Waals surface area contributed by atoms with E-state index in [2.05, 4.69) is 16.0 Å². The smallest absolute Gasteiger partial charge is 0.227 e. The Hall–Kier alpha value is -3.59. The van der Waals surface area contributed by atoms with E-state index in [1.807, 2.05) is 29.2 Å². The summed E-state index contributed by atoms with van der Waals surface area (Å²) in [6, 6.07) is 11.6. The van der Waals surface area contributed by atoms with Crippen molar-refractivity contribution >= 4 is 28.3 Å². The zero-order chi connectivity index (χ0) is 23.7. The van der Waals surface area contributed by atoms with Crippen LogP contribution in [0.1, 0.15) is 6.42 Å². The second-order valence-electron chi connectivity index (χ2n) is 8.54. The van der Waals surface area contributed by atoms with Gasteiger partial charge in [-0.25, -0.2) is 9.97 Å². The van der Waals surface area contributed by atoms with Crippen LogP contribution in [0.2, 0.25) is 0 Å². The molecule has 0 radical (unpaired) electrons. The van der Waals surface area contributed by atoms with Crippen molar-refractivity contribution in [2.45, 2.75) is 6.42 Å². The molecule has 0 bridgehead atoms. The number of fused-ring (bicyclic) bond motifs is 1. The molecule has 1 amide bonds. The molecular formula is C25H29N5O4. The van der Waals surface area contributed by atoms with Crippen LogP contribution >= 0.6 is 0 Å². The van der Waals surface area contributed by atoms with E-state index in [0.717, 1.165) is 24.2 Å². The Kier molecular flexibility index (Phi) is 6.10. The number of para-hydroxylation sites is 1. The zero-order valence-electron chi connectivity index (χ0n) is 19.5. The molecule has 1 aromatic heterocycles. The van der Waals surface area contributed by atoms with Crippen molar-refractivity contribution < 1.29 is 19.0 Å². The number of benzene rings is 2. The molecular weight excluding hydrogens is 434 g/mol. The Balaban J connectivity index is 1.46. The number of morpholine rings is 1. The van der Waals surface area contributed by atoms with E-state index >= 15 is 0 Å². The number of ether oxygens (including phenoxy) is 3. The summed E-state index contributed by atoms with van der Waals surface area (Å²) in [6.45, 7) is 4.03. The first-order chi connectivity index (χ1) is 16.6. The number of carbonyl (C=O) groups excluding carboxylic acids is 1. The molecule has 2 saturated heterocycles. The first-order valence-electron chi connectivity index (χ1n) is 11.5. The number of hydrogen-bond donors (Lipinski definition) is 1. The Morgan fingerprint density at radius 3 is 2.56 bits per heavy atom. The molecule has 2 aromatic carbocycles. The number of carbonyl (C=O) groups is 1. The molecule has 2 aliphatic heterocycles. The van der Waals surface area contributed by atoms with Crippen LogP contribution in [0.3, 0.4) is 0 Å². The predicted molar refractivity (Wildman–Crippen MR) is 130 cm³/mol. The molecule has 5 rings (SSSR count). The first-order valence-corrected chi connectivity index (χ1v) is 11.5. The maximum atomic E-state index is 13.0. The zero-order valence-corrected chi connectivity index (χ0v) is 19.5. The van der Waals surface area contributed by atoms with Crippen LogP contribution in [0.5, 0.6) is 11.5 Å². The van der Waals surface area contributed by atoms with E-state index in [-0.39, 0.29) is 11.8 Å². The van der Waals surface area contributed by atoms with Gasteiger partial charge in [-0.05, 0) is 24.6 Å². The molecule has 3 heterocycles. The number of anilines is 2. The summed E-state index contributed by atoms with van der Waals surface area (Å²) in [5.41, 5.74) is 8.89. The van der Waals surface area contributed by atoms with Crippen LogP contribution in [0.15, 0.2) is 36.4 Å². The minimum absolute atomic E-state index is 0.0227. The molecule has 0 aliphatic carbocycles. The van der Waals surface area contributed by atoms with E-state index in [9.17, 15) is 4.79 Å². The van der Waals surface area contributed by atoms with Gasteiger partial charge in [0.15, 0.2) is 17.3 Å². The monoisotopic (exact) mass is 463 g/mol. The van der Waals surface area contributed by atoms with E-state index in [4.69, 9.17) is 24.9 Å². The third kappa shape index (κ3) is 4.07. The molecule has 2 aliphatic rings. The number of nitrogen functional groups attached to an aromatic ring is 1. The molecule has 0 unspecified atom stereocenters. The van der Waals surface area contributed by atoms with Crippen LogP contribution in [0, 0.1) is 5.92 Å². The van der Waals surface area contributed by atoms with Crippen molar-refractivity contribution in [2.24, 2.45) is 5.92 Å². The molecule has 0 spiro atoms. The average molecular weight is 464 g/mol. The number of aromatic nitrogens is 2. The second kappa shape index (κ2) is 9.34. The fourth-order valence-electron chi connectivity index (χ4n) is 4.76. The summed E-state index contributed by atoms with van der Waals surface area (Å²) in [4.78, 5) is 26.6. The first kappa shape index (κ1) is 22.2. The molecule has 2 N–H and O–H groups in total. The van der Waals surface area contributed by atoms with Crippen molar-refractivity contribution in [2.75, 3.05) is 64.2 Å². The second-order valence-corrected chi connectivity index (χ2v) is 8.54. The summed E-state index contributed by atoms with van der Waals surface area (Å²) < 4.78 is 16.2. The van der Waals surface area contributed by atoms with Crippen molar-refractivity contribution in [1.29, 1.82) is 0 Å². The maximum Gasteiger partial charge on any atom is 0.227 e. The number of nitrogens with two attached hydrogens (primary N) is 1. The van der Waals surface area contributed by atoms with Crippen LogP contribution < -0.4 is 20.1 Å². The van der Waals surface area contributed by atoms with E-state index in [1.54, 1.807) is 20.3 Å². The van der Waals surface area contributed by atoms with Crippen LogP contribution in [-0.4, -0.2) is 74.4 Å². The summed E-state index contributed by atoms with van der Waals surface area (Å²) >= 11 is 0. The van der Waals surface area contributed by atoms with E-state index in [1.165, 1.54) is 0 Å². The third-order valence-electron chi connectivity index (χ3n) is 6.58. The summed E-state index contributed by atoms with van der Waals surface area (Å²) in [5, 5.41) is 0.705. The Morgan fingerprint density at radius 2 is 1.79 bits per heavy atom. The standard InChI is InChI=1S/C25H29N5O4/c1-32-21-13-18-19(14-22(21)33-2)27-24(28-23(18)26)17-5-3-4-6-20(17)30-8-7-16(15-30)25(31)29-9-11-34-12-10-29/h3-6,13-14,16H,7-12,15H2,1-2H3,(H2,26,27,28)/t16-/m0/s1. The lowest BCUT2D eigenvalue weighted by atomic mass is 10.1. The molecule has 1 atom stereocenters. The summed E-state index contributed by atoms with van der Waals surface area (Å²) in [7, 11) is 3.17. The Labute approximate surface area is 198 Å². The quantitative estimate of drug-likeness (QED) is 0.616. The van der Waals surface area contributed by atoms with Crippen LogP contribution in [0.25, 0.3) is 22.3 Å². The fourth-order valence-corrected chi connectivity index (χ4v) is 4.76. The van der Waals surface area contributed by atoms with Gasteiger partial charge in [0.2, 0.25) is 5.91 Å². The number of hydrogen-bond acceptors (Lipinski definition) is 8. The van der Waals surface area contributed by atoms with Gasteiger partial charge < -0.3 is 29.7 Å². The van der Waals surface area contributed by atoms with Gasteiger partial charge in [-0.15, -0.1) is 0 Å². The van der Waals surface area contributed by atoms with Crippen LogP contribution in [0.4, 0.5) is 11.5 Å². The highest BCUT2D eigenvalue weighted by Gasteiger charge is 2.33. The normalized spacial score (nSPS) is 18.4. The lowest BCUT2D eigenvalue weighted by Gasteiger charge is -2.29. The maximum absolute atomic E-state index is 13.0. The highest BCUT2D eigenvalue weighted by molar-refractivity contribution is 5.93. The highest BCUT2D eigenvalue weighted by atomic mass is 16.5. The van der Waals surface area contributed by atoms with Crippen LogP contribution in [-0.2, 0) is 9.53 Å². The van der Waals surface area contributed by atoms with Gasteiger partial charge in [-0.1, -0.05) is 12.1 Å². The van der Waals surface area contributed by atoms with Gasteiger partial charge in [0.1, 0.15) is 5.82 Å². The Morgan fingerprint density at radius 1 is 1.06 bits per heavy atom. The molecule has 3 aromatic rings. The van der Waals surface area contributed by atoms with Crippen molar-refractivity contribution in [1.82, 2.24) is 14.9 Å². The molecule has 2 fully saturated rings. The Bertz CT molecular complexity index is 1210. The SMILES string of the molecule is COc1cc2nc(-c3ccccc3N3CC[C@H](C(=O)N4CCOCC4)C3)nc(N)c2cc1OC. The van der Waals surface area contributed by atoms with Gasteiger partial charge in [0.25, 0.3) is 0 Å². The molecule has 34 heavy (non-hydrogen) atoms. The average Bonchev–Trinajstić information content (AvgIpc) is 3.38. The lowest BCUT2D eigenvalue weighted by Crippen LogP contribution is -2.44. The minimum Gasteiger partial charge on any atom is -0.493 e. The van der Waals surface area contributed by atoms with Crippen molar-refractivity contribution in [3.05, 3.63) is 36.4 Å². The molecule has 178 valence electrons. The van der Waals surface area contributed by atoms with Gasteiger partial charge in [0.05, 0.1) is 38.9 Å². The predicted octanol–water partition coefficient (Wildman–Crippen LogP) is 2.58. The molecule has 0 saturated carbocycles. The summed E-state index contributed by atoms with van der Waals surface area (Å²) in [6.07, 6.45) is 0.822. The van der Waals surface area contributed by atoms with Gasteiger partial charge >= 0.3 is 0 Å². The number of methoxy groups -OCH3 is 2. The molecule has 9 nitrogen and oxygen atoms in total. The largest absolute Gasteiger partial charge is 0.493 e. The topological polar surface area (TPSA) is 103 Å². The van der Waals surface area contributed by atoms with E-state index < -0.39 is 0 Å². The number of nitrogens with zero attached hydrogens (tertiary/aromatic N) is 4. The lowest BCUT2D eigenvalue weighted by molar-refractivity contribution is -0.138. The van der Waals surface area contributed by atoms with Crippen molar-refractivity contribution in [3.8, 4) is 22.9 Å². The third-order valence-corrected chi connectivity index (χ3v) is 6.58. The van der Waals surface area contributed by atoms with Crippen molar-refractivity contribution in [3.63, 3.8) is 0 Å². The van der Waals surface area contributed by atoms with E-state index in [0.29, 0.717) is 66.9 Å². The number of amides is 1. The van der Waals surface area contributed by atoms with Gasteiger partial charge in [-0.3, -0.25) is 4.79 Å². The minimum atomic E-state index is -0.0227. The van der Waals surface area contributed by atoms with Gasteiger partial charge in [0, 0.05) is 48.9 Å². The fraction of sp³-hybridized carbons (Fsp3) is 0.400. The highest BCUT2D eigenvalue weighted by Crippen LogP contribution is 2.37. The summed E-state index contributed by atoms with van der Waals surface area (Å²) in [5.74, 6) is 2.26. The number of rotatable bonds is 5. The van der Waals surface area contributed by atoms with Gasteiger partial charge in [-0.2, -0.15) is 0 Å².